The van der Waals surface area contributed by atoms with Crippen molar-refractivity contribution in [2.75, 3.05) is 45.1 Å². The first-order valence-corrected chi connectivity index (χ1v) is 46.9. The van der Waals surface area contributed by atoms with E-state index in [1.165, 1.54) is 57.5 Å². The Morgan fingerprint density at radius 3 is 1.79 bits per heavy atom. The molecule has 2 aliphatic heterocycles. The quantitative estimate of drug-likeness (QED) is 0.0127. The van der Waals surface area contributed by atoms with E-state index in [9.17, 15) is 95.7 Å². The molecule has 2 saturated heterocycles. The van der Waals surface area contributed by atoms with Crippen molar-refractivity contribution < 1.29 is 100 Å². The summed E-state index contributed by atoms with van der Waals surface area (Å²) in [7, 11) is -4.11. The van der Waals surface area contributed by atoms with Crippen molar-refractivity contribution in [3.8, 4) is 0 Å². The SMILES string of the molecule is CCCCCCCCCCCCCCCC(=O)NS(=O)(=O)CCCC(=O)NCC(=O)N[C@@H](CO)C(=O)N[C@H](CCC(N)=O)C(=O)N[C@@H](Cc1c[nH]cn1)C(=O)N[C@@H](CO)C(=O)N[C@@H](CCCC)C(=O)N[C@H]1CCC(=O)NCCCC[C@@H](C(N)=O)NC(=O)[C@H](Cc2c[nH]c3ccccc23)NC(=O)[C@H](CCCNC(=N)N)NC(=O)[C@@H](Cc2ccccc2)NC(=O)[C@@H]2C[C@@H](O)CN2C1=O. The Morgan fingerprint density at radius 1 is 0.580 bits per heavy atom. The molecule has 43 nitrogen and oxygen atoms in total. The molecule has 724 valence electrons. The zero-order chi connectivity index (χ0) is 95.8. The standard InChI is InChI=1S/C87H134N22O21S/c1-3-5-7-8-9-10-11-12-13-14-15-16-20-34-74(116)108-131(129,130)42-26-35-72(114)96-49-75(117)98-68(51-110)83(125)102-63(36-38-71(88)113)79(121)105-67(45-56-48-92-53-97-56)82(124)107-69(52-111)84(126)101-61(30-6-4-2)77(119)103-64-37-39-73(115)93-40-24-23-32-60(76(89)118)99-81(123)66(44-55-47-95-59-31-22-21-29-58(55)59)104-78(120)62(33-25-41-94-87(90)91)100-80(122)65(43-54-27-18-17-19-28-54)106-85(127)70-46-57(112)50-109(70)86(64)128/h17-19,21-22,27-29,31,47-48,53,57,60-70,95,110-112H,3-16,20,23-26,30,32-46,49-52H2,1-2H3,(H2,88,113)(H2,89,118)(H,92,97)(H,93,115)(H,96,114)(H,98,117)(H,99,123)(H,100,122)(H,101,126)(H,102,125)(H,103,119)(H,104,120)(H,105,121)(H,106,127)(H,107,124)(H,108,116)(H4,90,91,94)/t57-,60+,61+,62+,63-,64+,65-,66+,67+,68+,69+,70+/m1/s1. The third kappa shape index (κ3) is 39.6. The lowest BCUT2D eigenvalue weighted by atomic mass is 10.0. The Labute approximate surface area is 761 Å². The van der Waals surface area contributed by atoms with E-state index in [1.807, 2.05) is 4.72 Å². The summed E-state index contributed by atoms with van der Waals surface area (Å²) in [5, 5.41) is 73.8. The molecule has 2 fully saturated rings. The number of nitrogens with one attached hydrogen (secondary N) is 17. The summed E-state index contributed by atoms with van der Waals surface area (Å²) in [6, 6.07) is -2.43. The van der Waals surface area contributed by atoms with Crippen molar-refractivity contribution >= 4 is 121 Å². The van der Waals surface area contributed by atoms with E-state index in [1.54, 1.807) is 67.7 Å². The summed E-state index contributed by atoms with van der Waals surface area (Å²) < 4.78 is 27.4. The number of carbonyl (C=O) groups is 16. The highest BCUT2D eigenvalue weighted by atomic mass is 32.2. The number of rotatable bonds is 51. The number of aliphatic hydroxyl groups excluding tert-OH is 3. The fourth-order valence-corrected chi connectivity index (χ4v) is 16.2. The maximum atomic E-state index is 15.3. The summed E-state index contributed by atoms with van der Waals surface area (Å²) in [6.45, 7) is 0.375. The average Bonchev–Trinajstić information content (AvgIpc) is 1.69. The number of sulfonamides is 1. The van der Waals surface area contributed by atoms with Crippen LogP contribution in [-0.4, -0.2) is 262 Å². The molecule has 2 aliphatic rings. The number of carbonyl (C=O) groups excluding carboxylic acids is 16. The van der Waals surface area contributed by atoms with Crippen LogP contribution in [0, 0.1) is 5.41 Å². The van der Waals surface area contributed by atoms with Crippen LogP contribution in [0.3, 0.4) is 0 Å². The molecule has 0 bridgehead atoms. The third-order valence-corrected chi connectivity index (χ3v) is 23.8. The minimum atomic E-state index is -4.11. The number of hydrogen-bond acceptors (Lipinski definition) is 23. The van der Waals surface area contributed by atoms with Crippen molar-refractivity contribution in [2.45, 2.75) is 292 Å². The lowest BCUT2D eigenvalue weighted by molar-refractivity contribution is -0.143. The number of unbranched alkanes of at least 4 members (excludes halogenated alkanes) is 13. The fourth-order valence-electron chi connectivity index (χ4n) is 15.1. The van der Waals surface area contributed by atoms with Crippen molar-refractivity contribution in [3.05, 3.63) is 90.1 Å². The van der Waals surface area contributed by atoms with Crippen LogP contribution in [0.1, 0.15) is 217 Å². The van der Waals surface area contributed by atoms with Crippen LogP contribution in [0.5, 0.6) is 0 Å². The zero-order valence-corrected chi connectivity index (χ0v) is 75.5. The molecule has 0 spiro atoms. The van der Waals surface area contributed by atoms with Crippen LogP contribution < -0.4 is 91.0 Å². The van der Waals surface area contributed by atoms with Gasteiger partial charge >= 0.3 is 0 Å². The Bertz CT molecular complexity index is 4540. The van der Waals surface area contributed by atoms with E-state index in [0.717, 1.165) is 37.0 Å². The number of hydrogen-bond donors (Lipinski definition) is 23. The normalized spacial score (nSPS) is 19.2. The average molecular weight is 1860 g/mol. The van der Waals surface area contributed by atoms with E-state index < -0.39 is 254 Å². The number of nitrogens with two attached hydrogens (primary N) is 3. The molecule has 2 aromatic carbocycles. The summed E-state index contributed by atoms with van der Waals surface area (Å²) in [5.41, 5.74) is 18.8. The molecule has 12 atom stereocenters. The predicted octanol–water partition coefficient (Wildman–Crippen LogP) is -2.18. The number of aliphatic hydroxyl groups is 3. The molecule has 0 saturated carbocycles. The number of amides is 16. The lowest BCUT2D eigenvalue weighted by Gasteiger charge is -2.31. The van der Waals surface area contributed by atoms with Crippen molar-refractivity contribution in [3.63, 3.8) is 0 Å². The van der Waals surface area contributed by atoms with Crippen molar-refractivity contribution in [2.24, 2.45) is 17.2 Å². The zero-order valence-electron chi connectivity index (χ0n) is 74.7. The van der Waals surface area contributed by atoms with E-state index in [2.05, 4.69) is 91.0 Å². The summed E-state index contributed by atoms with van der Waals surface area (Å²) >= 11 is 0. The lowest BCUT2D eigenvalue weighted by Crippen LogP contribution is -2.61. The Balaban J connectivity index is 1.15. The van der Waals surface area contributed by atoms with E-state index in [-0.39, 0.29) is 95.4 Å². The number of guanidine groups is 1. The molecule has 0 aliphatic carbocycles. The van der Waals surface area contributed by atoms with E-state index in [0.29, 0.717) is 34.9 Å². The minimum absolute atomic E-state index is 0.0116. The van der Waals surface area contributed by atoms with Gasteiger partial charge in [-0.15, -0.1) is 0 Å². The van der Waals surface area contributed by atoms with Crippen molar-refractivity contribution in [1.29, 1.82) is 5.41 Å². The van der Waals surface area contributed by atoms with E-state index >= 15 is 4.79 Å². The molecule has 0 unspecified atom stereocenters. The fraction of sp³-hybridized carbons (Fsp3) is 0.609. The summed E-state index contributed by atoms with van der Waals surface area (Å²) in [4.78, 5) is 235. The van der Waals surface area contributed by atoms with Crippen LogP contribution in [0.4, 0.5) is 0 Å². The maximum absolute atomic E-state index is 15.3. The Morgan fingerprint density at radius 2 is 1.15 bits per heavy atom. The topological polar surface area (TPSA) is 686 Å². The first kappa shape index (κ1) is 108. The number of imidazole rings is 1. The van der Waals surface area contributed by atoms with E-state index in [4.69, 9.17) is 22.6 Å². The smallest absolute Gasteiger partial charge is 0.245 e. The second kappa shape index (κ2) is 57.8. The van der Waals surface area contributed by atoms with Gasteiger partial charge in [-0.2, -0.15) is 0 Å². The maximum Gasteiger partial charge on any atom is 0.245 e. The monoisotopic (exact) mass is 1850 g/mol. The van der Waals surface area contributed by atoms with Gasteiger partial charge in [0.1, 0.15) is 66.5 Å². The second-order valence-corrected chi connectivity index (χ2v) is 34.9. The molecule has 4 aromatic rings. The molecule has 2 aromatic heterocycles. The molecule has 16 amide bonds. The van der Waals surface area contributed by atoms with Gasteiger partial charge in [-0.25, -0.2) is 13.4 Å². The molecule has 6 rings (SSSR count). The first-order chi connectivity index (χ1) is 62.7. The number of para-hydroxylation sites is 1. The van der Waals surface area contributed by atoms with Crippen LogP contribution in [0.15, 0.2) is 73.3 Å². The van der Waals surface area contributed by atoms with Gasteiger partial charge in [-0.3, -0.25) is 86.8 Å². The van der Waals surface area contributed by atoms with Gasteiger partial charge in [-0.05, 0) is 81.4 Å². The second-order valence-electron chi connectivity index (χ2n) is 33.1. The van der Waals surface area contributed by atoms with Gasteiger partial charge in [0.15, 0.2) is 5.96 Å². The van der Waals surface area contributed by atoms with Crippen LogP contribution in [0.2, 0.25) is 0 Å². The molecular weight excluding hydrogens is 1720 g/mol. The third-order valence-electron chi connectivity index (χ3n) is 22.4. The van der Waals surface area contributed by atoms with Gasteiger partial charge in [0.2, 0.25) is 105 Å². The molecule has 131 heavy (non-hydrogen) atoms. The van der Waals surface area contributed by atoms with Crippen LogP contribution >= 0.6 is 0 Å². The molecule has 26 N–H and O–H groups in total. The highest BCUT2D eigenvalue weighted by molar-refractivity contribution is 7.90. The molecule has 0 radical (unpaired) electrons. The predicted molar refractivity (Wildman–Crippen MR) is 481 cm³/mol. The number of aromatic amines is 2. The molecular formula is C87H134N22O21S. The van der Waals surface area contributed by atoms with Crippen molar-refractivity contribution in [1.82, 2.24) is 93.7 Å². The number of aromatic nitrogens is 3. The highest BCUT2D eigenvalue weighted by Crippen LogP contribution is 2.24. The first-order valence-electron chi connectivity index (χ1n) is 45.2. The summed E-state index contributed by atoms with van der Waals surface area (Å²) in [6.07, 6.45) is 13.8. The Kier molecular flexibility index (Phi) is 47.4. The minimum Gasteiger partial charge on any atom is -0.394 e. The highest BCUT2D eigenvalue weighted by Gasteiger charge is 2.44. The van der Waals surface area contributed by atoms with Gasteiger partial charge in [-0.1, -0.05) is 152 Å². The number of H-pyrrole nitrogens is 2. The largest absolute Gasteiger partial charge is 0.394 e. The van der Waals surface area contributed by atoms with Gasteiger partial charge in [0.05, 0.1) is 43.6 Å². The van der Waals surface area contributed by atoms with Gasteiger partial charge in [0, 0.05) is 94.3 Å². The summed E-state index contributed by atoms with van der Waals surface area (Å²) in [5.74, 6) is -16.5. The molecule has 44 heteroatoms. The Hall–Kier alpha value is -12.2. The molecule has 4 heterocycles. The number of nitrogens with zero attached hydrogens (tertiary/aromatic N) is 2. The number of fused-ring (bicyclic) bond motifs is 2. The van der Waals surface area contributed by atoms with Crippen LogP contribution in [0.25, 0.3) is 10.9 Å². The number of primary amides is 2. The van der Waals surface area contributed by atoms with Gasteiger partial charge in [0.25, 0.3) is 0 Å². The van der Waals surface area contributed by atoms with Crippen LogP contribution in [-0.2, 0) is 106 Å². The number of benzene rings is 2. The van der Waals surface area contributed by atoms with Gasteiger partial charge < -0.3 is 117 Å².